The summed E-state index contributed by atoms with van der Waals surface area (Å²) in [6, 6.07) is 10.9. The molecular weight excluding hydrogens is 206 g/mol. The van der Waals surface area contributed by atoms with Gasteiger partial charge in [-0.1, -0.05) is 42.0 Å². The summed E-state index contributed by atoms with van der Waals surface area (Å²) in [5, 5.41) is 3.61. The van der Waals surface area contributed by atoms with Crippen LogP contribution in [0.15, 0.2) is 54.1 Å². The van der Waals surface area contributed by atoms with Gasteiger partial charge in [-0.15, -0.1) is 0 Å². The van der Waals surface area contributed by atoms with E-state index in [0.29, 0.717) is 12.0 Å². The molecule has 17 heavy (non-hydrogen) atoms. The highest BCUT2D eigenvalue weighted by Gasteiger charge is 2.22. The first kappa shape index (κ1) is 12.0. The predicted molar refractivity (Wildman–Crippen MR) is 75.1 cm³/mol. The van der Waals surface area contributed by atoms with E-state index >= 15 is 0 Å². The van der Waals surface area contributed by atoms with Crippen LogP contribution >= 0.6 is 0 Å². The highest BCUT2D eigenvalue weighted by molar-refractivity contribution is 5.45. The standard InChI is InChI=1S/C16H21N/c1-12(2)14-10-9-13(3)16(11-14)17-15-7-5-4-6-8-15/h4-9,14,16-17H,1,10-11H2,2-3H3/t14-,16+/m1/s1. The first-order valence-electron chi connectivity index (χ1n) is 6.30. The Kier molecular flexibility index (Phi) is 3.68. The van der Waals surface area contributed by atoms with E-state index in [0.717, 1.165) is 12.8 Å². The average Bonchev–Trinajstić information content (AvgIpc) is 2.33. The van der Waals surface area contributed by atoms with Crippen LogP contribution in [-0.2, 0) is 0 Å². The molecule has 90 valence electrons. The third-order valence-corrected chi connectivity index (χ3v) is 3.61. The van der Waals surface area contributed by atoms with E-state index in [9.17, 15) is 0 Å². The molecule has 1 aliphatic carbocycles. The molecule has 0 heterocycles. The molecule has 0 fully saturated rings. The Morgan fingerprint density at radius 1 is 1.29 bits per heavy atom. The van der Waals surface area contributed by atoms with Crippen molar-refractivity contribution in [2.24, 2.45) is 5.92 Å². The lowest BCUT2D eigenvalue weighted by Crippen LogP contribution is -2.27. The number of para-hydroxylation sites is 1. The van der Waals surface area contributed by atoms with Crippen LogP contribution in [-0.4, -0.2) is 6.04 Å². The fourth-order valence-corrected chi connectivity index (χ4v) is 2.35. The summed E-state index contributed by atoms with van der Waals surface area (Å²) in [5.74, 6) is 0.625. The fourth-order valence-electron chi connectivity index (χ4n) is 2.35. The lowest BCUT2D eigenvalue weighted by Gasteiger charge is -2.30. The molecule has 0 aromatic heterocycles. The van der Waals surface area contributed by atoms with Crippen molar-refractivity contribution < 1.29 is 0 Å². The summed E-state index contributed by atoms with van der Waals surface area (Å²) in [4.78, 5) is 0. The quantitative estimate of drug-likeness (QED) is 0.755. The van der Waals surface area contributed by atoms with E-state index in [1.165, 1.54) is 16.8 Å². The zero-order chi connectivity index (χ0) is 12.3. The number of hydrogen-bond acceptors (Lipinski definition) is 1. The van der Waals surface area contributed by atoms with Crippen LogP contribution in [0.25, 0.3) is 0 Å². The number of anilines is 1. The van der Waals surface area contributed by atoms with Crippen molar-refractivity contribution in [2.45, 2.75) is 32.7 Å². The first-order chi connectivity index (χ1) is 8.16. The van der Waals surface area contributed by atoms with Crippen LogP contribution in [0, 0.1) is 5.92 Å². The van der Waals surface area contributed by atoms with Crippen molar-refractivity contribution in [1.82, 2.24) is 0 Å². The van der Waals surface area contributed by atoms with Gasteiger partial charge in [-0.3, -0.25) is 0 Å². The van der Waals surface area contributed by atoms with E-state index in [-0.39, 0.29) is 0 Å². The summed E-state index contributed by atoms with van der Waals surface area (Å²) in [6.45, 7) is 8.44. The minimum Gasteiger partial charge on any atom is -0.379 e. The molecule has 0 radical (unpaired) electrons. The molecule has 2 rings (SSSR count). The van der Waals surface area contributed by atoms with E-state index in [2.05, 4.69) is 56.1 Å². The second-order valence-electron chi connectivity index (χ2n) is 5.03. The highest BCUT2D eigenvalue weighted by atomic mass is 14.9. The minimum atomic E-state index is 0.452. The molecule has 0 aliphatic heterocycles. The SMILES string of the molecule is C=C(C)[C@@H]1CC=C(C)[C@@H](Nc2ccccc2)C1. The Morgan fingerprint density at radius 2 is 2.00 bits per heavy atom. The van der Waals surface area contributed by atoms with Crippen LogP contribution in [0.4, 0.5) is 5.69 Å². The second-order valence-corrected chi connectivity index (χ2v) is 5.03. The number of benzene rings is 1. The van der Waals surface area contributed by atoms with Gasteiger partial charge in [-0.05, 0) is 44.7 Å². The molecule has 1 aromatic carbocycles. The molecule has 1 heteroatoms. The first-order valence-corrected chi connectivity index (χ1v) is 6.30. The van der Waals surface area contributed by atoms with Gasteiger partial charge in [0.15, 0.2) is 0 Å². The normalized spacial score (nSPS) is 24.0. The molecule has 1 aliphatic rings. The predicted octanol–water partition coefficient (Wildman–Crippen LogP) is 4.40. The highest BCUT2D eigenvalue weighted by Crippen LogP contribution is 2.30. The van der Waals surface area contributed by atoms with E-state index < -0.39 is 0 Å². The summed E-state index contributed by atoms with van der Waals surface area (Å²) in [6.07, 6.45) is 4.66. The van der Waals surface area contributed by atoms with Crippen LogP contribution in [0.1, 0.15) is 26.7 Å². The van der Waals surface area contributed by atoms with Crippen molar-refractivity contribution in [3.05, 3.63) is 54.1 Å². The molecule has 1 nitrogen and oxygen atoms in total. The van der Waals surface area contributed by atoms with Crippen molar-refractivity contribution in [1.29, 1.82) is 0 Å². The number of hydrogen-bond donors (Lipinski definition) is 1. The van der Waals surface area contributed by atoms with Crippen LogP contribution in [0.2, 0.25) is 0 Å². The van der Waals surface area contributed by atoms with Gasteiger partial charge in [-0.2, -0.15) is 0 Å². The van der Waals surface area contributed by atoms with Crippen molar-refractivity contribution in [3.8, 4) is 0 Å². The molecular formula is C16H21N. The van der Waals surface area contributed by atoms with E-state index in [1.54, 1.807) is 0 Å². The zero-order valence-electron chi connectivity index (χ0n) is 10.7. The molecule has 0 saturated heterocycles. The number of allylic oxidation sites excluding steroid dienone is 2. The van der Waals surface area contributed by atoms with Gasteiger partial charge in [0.2, 0.25) is 0 Å². The maximum absolute atomic E-state index is 4.09. The van der Waals surface area contributed by atoms with E-state index in [4.69, 9.17) is 0 Å². The summed E-state index contributed by atoms with van der Waals surface area (Å²) >= 11 is 0. The zero-order valence-corrected chi connectivity index (χ0v) is 10.7. The summed E-state index contributed by atoms with van der Waals surface area (Å²) < 4.78 is 0. The van der Waals surface area contributed by atoms with Gasteiger partial charge in [0, 0.05) is 11.7 Å². The molecule has 0 spiro atoms. The average molecular weight is 227 g/mol. The molecule has 0 unspecified atom stereocenters. The lowest BCUT2D eigenvalue weighted by atomic mass is 9.83. The third-order valence-electron chi connectivity index (χ3n) is 3.61. The van der Waals surface area contributed by atoms with Gasteiger partial charge in [0.05, 0.1) is 0 Å². The maximum Gasteiger partial charge on any atom is 0.0476 e. The minimum absolute atomic E-state index is 0.452. The monoisotopic (exact) mass is 227 g/mol. The smallest absolute Gasteiger partial charge is 0.0476 e. The van der Waals surface area contributed by atoms with Gasteiger partial charge in [-0.25, -0.2) is 0 Å². The van der Waals surface area contributed by atoms with Crippen molar-refractivity contribution in [2.75, 3.05) is 5.32 Å². The Balaban J connectivity index is 2.07. The molecule has 1 aromatic rings. The second kappa shape index (κ2) is 5.22. The van der Waals surface area contributed by atoms with Crippen molar-refractivity contribution in [3.63, 3.8) is 0 Å². The van der Waals surface area contributed by atoms with Crippen LogP contribution in [0.5, 0.6) is 0 Å². The Labute approximate surface area is 104 Å². The topological polar surface area (TPSA) is 12.0 Å². The molecule has 0 saturated carbocycles. The summed E-state index contributed by atoms with van der Waals surface area (Å²) in [7, 11) is 0. The molecule has 1 N–H and O–H groups in total. The van der Waals surface area contributed by atoms with Crippen LogP contribution in [0.3, 0.4) is 0 Å². The van der Waals surface area contributed by atoms with Crippen molar-refractivity contribution >= 4 is 5.69 Å². The summed E-state index contributed by atoms with van der Waals surface area (Å²) in [5.41, 5.74) is 3.95. The Morgan fingerprint density at radius 3 is 2.65 bits per heavy atom. The van der Waals surface area contributed by atoms with E-state index in [1.807, 2.05) is 6.07 Å². The van der Waals surface area contributed by atoms with Crippen LogP contribution < -0.4 is 5.32 Å². The molecule has 0 amide bonds. The molecule has 0 bridgehead atoms. The number of rotatable bonds is 3. The lowest BCUT2D eigenvalue weighted by molar-refractivity contribution is 0.510. The van der Waals surface area contributed by atoms with Gasteiger partial charge < -0.3 is 5.32 Å². The largest absolute Gasteiger partial charge is 0.379 e. The third kappa shape index (κ3) is 3.00. The maximum atomic E-state index is 4.09. The Hall–Kier alpha value is -1.50. The molecule has 2 atom stereocenters. The fraction of sp³-hybridized carbons (Fsp3) is 0.375. The van der Waals surface area contributed by atoms with Gasteiger partial charge in [0.25, 0.3) is 0 Å². The van der Waals surface area contributed by atoms with Gasteiger partial charge >= 0.3 is 0 Å². The number of nitrogens with one attached hydrogen (secondary N) is 1. The Bertz CT molecular complexity index is 416. The van der Waals surface area contributed by atoms with Gasteiger partial charge in [0.1, 0.15) is 0 Å².